The van der Waals surface area contributed by atoms with Crippen molar-refractivity contribution < 1.29 is 28.8 Å². The van der Waals surface area contributed by atoms with Gasteiger partial charge in [0.2, 0.25) is 0 Å². The van der Waals surface area contributed by atoms with E-state index in [1.54, 1.807) is 21.3 Å². The summed E-state index contributed by atoms with van der Waals surface area (Å²) >= 11 is 0. The number of ether oxygens (including phenoxy) is 5. The number of nitrogens with zero attached hydrogens (tertiary/aromatic N) is 1. The summed E-state index contributed by atoms with van der Waals surface area (Å²) in [7, 11) is 3.91. The van der Waals surface area contributed by atoms with Gasteiger partial charge in [0.05, 0.1) is 60.9 Å². The maximum Gasteiger partial charge on any atom is 0.179 e. The quantitative estimate of drug-likeness (QED) is 0.292. The van der Waals surface area contributed by atoms with Gasteiger partial charge >= 0.3 is 0 Å². The summed E-state index contributed by atoms with van der Waals surface area (Å²) < 4.78 is 30.3. The summed E-state index contributed by atoms with van der Waals surface area (Å²) in [5.74, 6) is 4.96. The lowest BCUT2D eigenvalue weighted by Crippen LogP contribution is -2.44. The van der Waals surface area contributed by atoms with Crippen molar-refractivity contribution in [3.05, 3.63) is 65.2 Å². The average molecular weight is 540 g/mol. The molecule has 196 valence electrons. The van der Waals surface area contributed by atoms with E-state index >= 15 is 0 Å². The number of hydrogen-bond donors (Lipinski definition) is 1. The van der Waals surface area contributed by atoms with Crippen molar-refractivity contribution in [2.24, 2.45) is 0 Å². The van der Waals surface area contributed by atoms with Crippen molar-refractivity contribution in [3.63, 3.8) is 0 Å². The van der Waals surface area contributed by atoms with Crippen molar-refractivity contribution in [3.8, 4) is 40.2 Å². The van der Waals surface area contributed by atoms with Crippen LogP contribution in [0.25, 0.3) is 0 Å². The number of fused-ring (bicyclic) bond motifs is 3. The molecular weight excluding hydrogens is 513 g/mol. The minimum absolute atomic E-state index is 0.139. The SMILES string of the molecule is COc1cc2c3c(c1)Oc1c(CO)cc4c5c1P3c1c(ccc(OC)c1O2)N5c1ccc(OC)cc1C4(C)C. The van der Waals surface area contributed by atoms with Gasteiger partial charge in [-0.3, -0.25) is 0 Å². The molecule has 0 spiro atoms. The van der Waals surface area contributed by atoms with Crippen LogP contribution < -0.4 is 44.5 Å². The monoisotopic (exact) mass is 539 g/mol. The zero-order valence-corrected chi connectivity index (χ0v) is 23.1. The van der Waals surface area contributed by atoms with Crippen molar-refractivity contribution in [2.45, 2.75) is 25.9 Å². The molecule has 4 aromatic carbocycles. The average Bonchev–Trinajstić information content (AvgIpc) is 2.96. The molecule has 0 aliphatic carbocycles. The van der Waals surface area contributed by atoms with Crippen molar-refractivity contribution >= 4 is 40.9 Å². The molecule has 0 amide bonds. The molecule has 0 fully saturated rings. The number of methoxy groups -OCH3 is 3. The fraction of sp³-hybridized carbons (Fsp3) is 0.226. The predicted molar refractivity (Wildman–Crippen MR) is 151 cm³/mol. The standard InChI is InChI=1S/C31H26NO6P/c1-31(2)18-11-16(34-3)6-7-20(18)32-21-8-9-22(36-5)27-28(21)39-29-23(12-17(35-4)13-24(29)38-27)37-26-15(14-33)10-19(31)25(32)30(26)39/h6-13,33H,14H2,1-5H3. The number of anilines is 3. The van der Waals surface area contributed by atoms with Gasteiger partial charge < -0.3 is 33.7 Å². The fourth-order valence-corrected chi connectivity index (χ4v) is 9.42. The highest BCUT2D eigenvalue weighted by Crippen LogP contribution is 2.66. The second kappa shape index (κ2) is 7.59. The molecule has 4 aromatic rings. The van der Waals surface area contributed by atoms with E-state index in [4.69, 9.17) is 23.7 Å². The first-order valence-electron chi connectivity index (χ1n) is 12.8. The predicted octanol–water partition coefficient (Wildman–Crippen LogP) is 5.60. The molecule has 0 saturated carbocycles. The highest BCUT2D eigenvalue weighted by Gasteiger charge is 2.51. The first kappa shape index (κ1) is 23.0. The molecule has 4 aliphatic rings. The van der Waals surface area contributed by atoms with E-state index in [0.29, 0.717) is 34.5 Å². The topological polar surface area (TPSA) is 69.6 Å². The third-order valence-electron chi connectivity index (χ3n) is 8.37. The van der Waals surface area contributed by atoms with Crippen LogP contribution in [0, 0.1) is 0 Å². The zero-order valence-electron chi connectivity index (χ0n) is 22.2. The molecule has 1 N–H and O–H groups in total. The van der Waals surface area contributed by atoms with Gasteiger partial charge in [-0.25, -0.2) is 0 Å². The van der Waals surface area contributed by atoms with Gasteiger partial charge in [-0.1, -0.05) is 13.8 Å². The van der Waals surface area contributed by atoms with Crippen LogP contribution in [0.5, 0.6) is 40.2 Å². The Labute approximate surface area is 227 Å². The van der Waals surface area contributed by atoms with Crippen molar-refractivity contribution in [1.82, 2.24) is 0 Å². The summed E-state index contributed by atoms with van der Waals surface area (Å²) in [4.78, 5) is 2.33. The van der Waals surface area contributed by atoms with Crippen LogP contribution >= 0.6 is 7.92 Å². The highest BCUT2D eigenvalue weighted by molar-refractivity contribution is 7.81. The van der Waals surface area contributed by atoms with E-state index in [1.165, 1.54) is 0 Å². The van der Waals surface area contributed by atoms with Crippen LogP contribution in [-0.4, -0.2) is 26.4 Å². The number of aliphatic hydroxyl groups is 1. The Morgan fingerprint density at radius 3 is 2.18 bits per heavy atom. The Hall–Kier alpha value is -3.93. The molecule has 0 saturated heterocycles. The molecule has 1 unspecified atom stereocenters. The second-order valence-electron chi connectivity index (χ2n) is 10.6. The van der Waals surface area contributed by atoms with E-state index in [2.05, 4.69) is 43.0 Å². The maximum atomic E-state index is 10.6. The third-order valence-corrected chi connectivity index (χ3v) is 11.0. The number of hydrogen-bond acceptors (Lipinski definition) is 7. The van der Waals surface area contributed by atoms with Gasteiger partial charge in [-0.2, -0.15) is 0 Å². The lowest BCUT2D eigenvalue weighted by molar-refractivity contribution is 0.276. The van der Waals surface area contributed by atoms with Crippen LogP contribution in [0.2, 0.25) is 0 Å². The smallest absolute Gasteiger partial charge is 0.179 e. The van der Waals surface area contributed by atoms with Gasteiger partial charge in [0, 0.05) is 31.0 Å². The van der Waals surface area contributed by atoms with Crippen molar-refractivity contribution in [1.29, 1.82) is 0 Å². The van der Waals surface area contributed by atoms with Gasteiger partial charge in [-0.05, 0) is 47.5 Å². The Kier molecular flexibility index (Phi) is 4.48. The summed E-state index contributed by atoms with van der Waals surface area (Å²) in [5, 5.41) is 13.8. The van der Waals surface area contributed by atoms with Crippen molar-refractivity contribution in [2.75, 3.05) is 26.2 Å². The summed E-state index contributed by atoms with van der Waals surface area (Å²) in [6, 6.07) is 16.3. The Bertz CT molecular complexity index is 1750. The molecule has 1 atom stereocenters. The number of rotatable bonds is 4. The fourth-order valence-electron chi connectivity index (χ4n) is 6.50. The maximum absolute atomic E-state index is 10.6. The summed E-state index contributed by atoms with van der Waals surface area (Å²) in [5.41, 5.74) is 5.96. The molecule has 0 bridgehead atoms. The van der Waals surface area contributed by atoms with Crippen LogP contribution in [0.15, 0.2) is 48.5 Å². The van der Waals surface area contributed by atoms with E-state index in [9.17, 15) is 5.11 Å². The molecule has 39 heavy (non-hydrogen) atoms. The van der Waals surface area contributed by atoms with Gasteiger partial charge in [0.25, 0.3) is 0 Å². The highest BCUT2D eigenvalue weighted by atomic mass is 31.1. The molecule has 8 rings (SSSR count). The van der Waals surface area contributed by atoms with E-state index in [-0.39, 0.29) is 12.0 Å². The lowest BCUT2D eigenvalue weighted by Gasteiger charge is -2.50. The minimum Gasteiger partial charge on any atom is -0.497 e. The Morgan fingerprint density at radius 1 is 0.769 bits per heavy atom. The third kappa shape index (κ3) is 2.69. The molecule has 4 heterocycles. The largest absolute Gasteiger partial charge is 0.497 e. The molecular formula is C31H26NO6P. The van der Waals surface area contributed by atoms with E-state index in [1.807, 2.05) is 24.3 Å². The van der Waals surface area contributed by atoms with Gasteiger partial charge in [-0.15, -0.1) is 0 Å². The van der Waals surface area contributed by atoms with Crippen LogP contribution in [0.3, 0.4) is 0 Å². The molecule has 0 aromatic heterocycles. The van der Waals surface area contributed by atoms with Crippen LogP contribution in [0.1, 0.15) is 30.5 Å². The molecule has 8 heteroatoms. The zero-order chi connectivity index (χ0) is 26.8. The van der Waals surface area contributed by atoms with Gasteiger partial charge in [0.15, 0.2) is 11.5 Å². The van der Waals surface area contributed by atoms with Gasteiger partial charge in [0.1, 0.15) is 28.7 Å². The molecule has 7 nitrogen and oxygen atoms in total. The molecule has 0 radical (unpaired) electrons. The summed E-state index contributed by atoms with van der Waals surface area (Å²) in [6.07, 6.45) is 0. The number of benzene rings is 4. The second-order valence-corrected chi connectivity index (χ2v) is 12.6. The lowest BCUT2D eigenvalue weighted by atomic mass is 9.72. The molecule has 4 aliphatic heterocycles. The first-order valence-corrected chi connectivity index (χ1v) is 14.1. The van der Waals surface area contributed by atoms with E-state index < -0.39 is 7.92 Å². The minimum atomic E-state index is -1.08. The van der Waals surface area contributed by atoms with Crippen LogP contribution in [-0.2, 0) is 12.0 Å². The Balaban J connectivity index is 1.55. The Morgan fingerprint density at radius 2 is 1.49 bits per heavy atom. The number of aliphatic hydroxyl groups excluding tert-OH is 1. The summed E-state index contributed by atoms with van der Waals surface area (Å²) in [6.45, 7) is 4.34. The van der Waals surface area contributed by atoms with Crippen LogP contribution in [0.4, 0.5) is 17.1 Å². The first-order chi connectivity index (χ1) is 18.9. The normalized spacial score (nSPS) is 17.4. The van der Waals surface area contributed by atoms with E-state index in [0.717, 1.165) is 55.4 Å².